The van der Waals surface area contributed by atoms with Crippen molar-refractivity contribution in [3.63, 3.8) is 0 Å². The molecule has 1 aliphatic rings. The Hall–Kier alpha value is -1.65. The third kappa shape index (κ3) is 3.23. The van der Waals surface area contributed by atoms with Gasteiger partial charge in [-0.1, -0.05) is 23.2 Å². The topological polar surface area (TPSA) is 46.1 Å². The van der Waals surface area contributed by atoms with Crippen molar-refractivity contribution in [2.75, 3.05) is 4.90 Å². The molecule has 0 aliphatic heterocycles. The highest BCUT2D eigenvalue weighted by Crippen LogP contribution is 2.37. The second kappa shape index (κ2) is 5.86. The van der Waals surface area contributed by atoms with E-state index in [1.807, 2.05) is 19.9 Å². The number of hydrogen-bond acceptors (Lipinski definition) is 3. The molecule has 114 valence electrons. The van der Waals surface area contributed by atoms with Crippen LogP contribution in [0.25, 0.3) is 0 Å². The fourth-order valence-corrected chi connectivity index (χ4v) is 2.84. The molecule has 1 fully saturated rings. The molecule has 0 unspecified atom stereocenters. The number of aryl methyl sites for hydroxylation is 2. The number of hydrogen-bond donors (Lipinski definition) is 0. The molecule has 0 radical (unpaired) electrons. The van der Waals surface area contributed by atoms with Gasteiger partial charge in [0.1, 0.15) is 0 Å². The summed E-state index contributed by atoms with van der Waals surface area (Å²) in [5.74, 6) is 0.387. The van der Waals surface area contributed by atoms with E-state index in [1.165, 1.54) is 4.90 Å². The predicted octanol–water partition coefficient (Wildman–Crippen LogP) is 4.47. The summed E-state index contributed by atoms with van der Waals surface area (Å²) in [4.78, 5) is 23.1. The van der Waals surface area contributed by atoms with Crippen LogP contribution in [0.2, 0.25) is 10.0 Å². The maximum absolute atomic E-state index is 12.7. The van der Waals surface area contributed by atoms with E-state index in [0.29, 0.717) is 21.7 Å². The molecule has 2 aromatic rings. The van der Waals surface area contributed by atoms with Crippen LogP contribution in [0, 0.1) is 19.8 Å². The van der Waals surface area contributed by atoms with Crippen LogP contribution in [0.5, 0.6) is 0 Å². The van der Waals surface area contributed by atoms with Gasteiger partial charge < -0.3 is 0 Å². The molecule has 0 atom stereocenters. The first kappa shape index (κ1) is 15.3. The van der Waals surface area contributed by atoms with Crippen molar-refractivity contribution in [2.45, 2.75) is 26.7 Å². The number of carbonyl (C=O) groups excluding carboxylic acids is 1. The van der Waals surface area contributed by atoms with E-state index in [0.717, 1.165) is 24.2 Å². The van der Waals surface area contributed by atoms with Crippen molar-refractivity contribution >= 4 is 40.7 Å². The Morgan fingerprint density at radius 2 is 1.59 bits per heavy atom. The number of carbonyl (C=O) groups is 1. The van der Waals surface area contributed by atoms with Gasteiger partial charge in [0.15, 0.2) is 0 Å². The fourth-order valence-electron chi connectivity index (χ4n) is 2.33. The molecule has 1 aromatic heterocycles. The molecule has 0 bridgehead atoms. The molecule has 0 N–H and O–H groups in total. The molecule has 1 aliphatic carbocycles. The number of halogens is 2. The summed E-state index contributed by atoms with van der Waals surface area (Å²) < 4.78 is 0. The van der Waals surface area contributed by atoms with E-state index in [4.69, 9.17) is 23.2 Å². The lowest BCUT2D eigenvalue weighted by Gasteiger charge is -2.22. The largest absolute Gasteiger partial charge is 0.274 e. The Bertz CT molecular complexity index is 652. The van der Waals surface area contributed by atoms with Crippen molar-refractivity contribution in [2.24, 2.45) is 5.92 Å². The quantitative estimate of drug-likeness (QED) is 0.830. The van der Waals surface area contributed by atoms with Crippen molar-refractivity contribution in [1.82, 2.24) is 9.97 Å². The molecule has 1 aromatic carbocycles. The summed E-state index contributed by atoms with van der Waals surface area (Å²) in [6.07, 6.45) is 1.79. The zero-order chi connectivity index (χ0) is 15.9. The van der Waals surface area contributed by atoms with E-state index in [1.54, 1.807) is 18.2 Å². The van der Waals surface area contributed by atoms with Crippen LogP contribution in [0.1, 0.15) is 24.2 Å². The molecule has 0 spiro atoms. The van der Waals surface area contributed by atoms with Gasteiger partial charge in [-0.2, -0.15) is 0 Å². The third-order valence-corrected chi connectivity index (χ3v) is 3.86. The highest BCUT2D eigenvalue weighted by Gasteiger charge is 2.36. The zero-order valence-electron chi connectivity index (χ0n) is 12.3. The molecule has 3 rings (SSSR count). The van der Waals surface area contributed by atoms with Gasteiger partial charge in [-0.3, -0.25) is 4.79 Å². The number of amides is 1. The second-order valence-electron chi connectivity index (χ2n) is 5.53. The van der Waals surface area contributed by atoms with Gasteiger partial charge in [-0.15, -0.1) is 0 Å². The molecule has 1 amide bonds. The summed E-state index contributed by atoms with van der Waals surface area (Å²) in [6.45, 7) is 3.76. The summed E-state index contributed by atoms with van der Waals surface area (Å²) in [5.41, 5.74) is 2.22. The molecular weight excluding hydrogens is 321 g/mol. The Balaban J connectivity index is 2.12. The van der Waals surface area contributed by atoms with Crippen molar-refractivity contribution < 1.29 is 4.79 Å². The molecule has 0 saturated heterocycles. The molecular formula is C16H15Cl2N3O. The predicted molar refractivity (Wildman–Crippen MR) is 87.8 cm³/mol. The molecule has 22 heavy (non-hydrogen) atoms. The minimum atomic E-state index is -0.0108. The molecule has 1 heterocycles. The number of anilines is 2. The number of benzene rings is 1. The zero-order valence-corrected chi connectivity index (χ0v) is 13.8. The maximum Gasteiger partial charge on any atom is 0.237 e. The monoisotopic (exact) mass is 335 g/mol. The fraction of sp³-hybridized carbons (Fsp3) is 0.312. The van der Waals surface area contributed by atoms with Gasteiger partial charge in [0.2, 0.25) is 11.9 Å². The first-order valence-corrected chi connectivity index (χ1v) is 7.82. The highest BCUT2D eigenvalue weighted by atomic mass is 35.5. The van der Waals surface area contributed by atoms with E-state index in [2.05, 4.69) is 9.97 Å². The molecule has 6 heteroatoms. The first-order valence-electron chi connectivity index (χ1n) is 7.06. The Morgan fingerprint density at radius 1 is 1.05 bits per heavy atom. The minimum absolute atomic E-state index is 0.0108. The molecule has 4 nitrogen and oxygen atoms in total. The van der Waals surface area contributed by atoms with Crippen LogP contribution < -0.4 is 4.90 Å². The lowest BCUT2D eigenvalue weighted by atomic mass is 10.2. The van der Waals surface area contributed by atoms with E-state index >= 15 is 0 Å². The van der Waals surface area contributed by atoms with E-state index < -0.39 is 0 Å². The second-order valence-corrected chi connectivity index (χ2v) is 6.40. The Labute approximate surface area is 139 Å². The van der Waals surface area contributed by atoms with Crippen LogP contribution in [0.4, 0.5) is 11.6 Å². The number of nitrogens with zero attached hydrogens (tertiary/aromatic N) is 3. The van der Waals surface area contributed by atoms with Crippen molar-refractivity contribution in [3.8, 4) is 0 Å². The van der Waals surface area contributed by atoms with E-state index in [-0.39, 0.29) is 11.8 Å². The van der Waals surface area contributed by atoms with Gasteiger partial charge in [0, 0.05) is 27.4 Å². The average Bonchev–Trinajstić information content (AvgIpc) is 3.20. The normalized spacial score (nSPS) is 14.0. The van der Waals surface area contributed by atoms with Gasteiger partial charge in [0.25, 0.3) is 0 Å². The smallest absolute Gasteiger partial charge is 0.237 e. The lowest BCUT2D eigenvalue weighted by molar-refractivity contribution is -0.119. The Kier molecular flexibility index (Phi) is 4.06. The number of rotatable bonds is 3. The summed E-state index contributed by atoms with van der Waals surface area (Å²) >= 11 is 12.2. The highest BCUT2D eigenvalue weighted by molar-refractivity contribution is 6.35. The summed E-state index contributed by atoms with van der Waals surface area (Å²) in [6, 6.07) is 6.91. The first-order chi connectivity index (χ1) is 10.4. The maximum atomic E-state index is 12.7. The van der Waals surface area contributed by atoms with Gasteiger partial charge >= 0.3 is 0 Å². The van der Waals surface area contributed by atoms with Crippen LogP contribution in [0.3, 0.4) is 0 Å². The number of aromatic nitrogens is 2. The van der Waals surface area contributed by atoms with Crippen LogP contribution >= 0.6 is 23.2 Å². The van der Waals surface area contributed by atoms with Crippen LogP contribution in [-0.4, -0.2) is 15.9 Å². The van der Waals surface area contributed by atoms with Gasteiger partial charge in [-0.05, 0) is 51.0 Å². The van der Waals surface area contributed by atoms with Crippen molar-refractivity contribution in [3.05, 3.63) is 45.7 Å². The van der Waals surface area contributed by atoms with Crippen LogP contribution in [-0.2, 0) is 4.79 Å². The lowest BCUT2D eigenvalue weighted by Crippen LogP contribution is -2.29. The minimum Gasteiger partial charge on any atom is -0.274 e. The third-order valence-electron chi connectivity index (χ3n) is 3.42. The Morgan fingerprint density at radius 3 is 2.09 bits per heavy atom. The summed E-state index contributed by atoms with van der Waals surface area (Å²) in [5, 5.41) is 0.945. The van der Waals surface area contributed by atoms with Crippen LogP contribution in [0.15, 0.2) is 24.3 Å². The standard InChI is InChI=1S/C16H15Cl2N3O/c1-9-5-10(2)20-16(19-9)21(15(22)11-3-4-11)14-7-12(17)6-13(18)8-14/h5-8,11H,3-4H2,1-2H3. The average molecular weight is 336 g/mol. The van der Waals surface area contributed by atoms with Gasteiger partial charge in [0.05, 0.1) is 5.69 Å². The summed E-state index contributed by atoms with van der Waals surface area (Å²) in [7, 11) is 0. The van der Waals surface area contributed by atoms with E-state index in [9.17, 15) is 4.79 Å². The molecule has 1 saturated carbocycles. The van der Waals surface area contributed by atoms with Crippen molar-refractivity contribution in [1.29, 1.82) is 0 Å². The van der Waals surface area contributed by atoms with Gasteiger partial charge in [-0.25, -0.2) is 14.9 Å². The SMILES string of the molecule is Cc1cc(C)nc(N(C(=O)C2CC2)c2cc(Cl)cc(Cl)c2)n1.